The van der Waals surface area contributed by atoms with Gasteiger partial charge in [0.15, 0.2) is 11.6 Å². The maximum atomic E-state index is 13.2. The predicted octanol–water partition coefficient (Wildman–Crippen LogP) is 0.948. The second kappa shape index (κ2) is 5.92. The largest absolute Gasteiger partial charge is 0.494 e. The number of hydrogen-bond donors (Lipinski definition) is 3. The van der Waals surface area contributed by atoms with Crippen molar-refractivity contribution in [2.45, 2.75) is 0 Å². The van der Waals surface area contributed by atoms with E-state index in [0.717, 1.165) is 6.07 Å². The molecule has 0 aliphatic heterocycles. The molecule has 0 unspecified atom stereocenters. The maximum Gasteiger partial charge on any atom is 0.319 e. The Bertz CT molecular complexity index is 371. The molecule has 16 heavy (non-hydrogen) atoms. The third kappa shape index (κ3) is 3.39. The average molecular weight is 228 g/mol. The van der Waals surface area contributed by atoms with Crippen molar-refractivity contribution in [3.05, 3.63) is 24.0 Å². The highest BCUT2D eigenvalue weighted by Crippen LogP contribution is 2.20. The normalized spacial score (nSPS) is 9.69. The van der Waals surface area contributed by atoms with Crippen LogP contribution in [-0.4, -0.2) is 31.4 Å². The van der Waals surface area contributed by atoms with Gasteiger partial charge in [0.2, 0.25) is 0 Å². The van der Waals surface area contributed by atoms with Crippen molar-refractivity contribution in [2.75, 3.05) is 25.6 Å². The first kappa shape index (κ1) is 12.3. The molecule has 88 valence electrons. The summed E-state index contributed by atoms with van der Waals surface area (Å²) in [5.41, 5.74) is 0.314. The monoisotopic (exact) mass is 228 g/mol. The third-order valence-electron chi connectivity index (χ3n) is 1.81. The fourth-order valence-corrected chi connectivity index (χ4v) is 1.09. The van der Waals surface area contributed by atoms with Crippen molar-refractivity contribution in [3.63, 3.8) is 0 Å². The summed E-state index contributed by atoms with van der Waals surface area (Å²) in [4.78, 5) is 11.2. The van der Waals surface area contributed by atoms with Gasteiger partial charge in [-0.15, -0.1) is 0 Å². The van der Waals surface area contributed by atoms with Crippen molar-refractivity contribution in [1.82, 2.24) is 5.32 Å². The lowest BCUT2D eigenvalue weighted by molar-refractivity contribution is 0.245. The Morgan fingerprint density at radius 2 is 2.31 bits per heavy atom. The van der Waals surface area contributed by atoms with E-state index in [4.69, 9.17) is 9.84 Å². The van der Waals surface area contributed by atoms with Crippen LogP contribution in [-0.2, 0) is 0 Å². The first-order valence-electron chi connectivity index (χ1n) is 4.66. The molecule has 6 heteroatoms. The number of methoxy groups -OCH3 is 1. The fraction of sp³-hybridized carbons (Fsp3) is 0.300. The number of hydrogen-bond acceptors (Lipinski definition) is 3. The Labute approximate surface area is 92.2 Å². The molecule has 0 saturated carbocycles. The lowest BCUT2D eigenvalue weighted by Gasteiger charge is -2.07. The van der Waals surface area contributed by atoms with Gasteiger partial charge in [-0.05, 0) is 12.1 Å². The molecule has 0 aliphatic carbocycles. The first-order valence-corrected chi connectivity index (χ1v) is 4.66. The topological polar surface area (TPSA) is 70.6 Å². The molecular formula is C10H13FN2O3. The van der Waals surface area contributed by atoms with E-state index in [1.54, 1.807) is 0 Å². The van der Waals surface area contributed by atoms with Gasteiger partial charge in [0.05, 0.1) is 13.7 Å². The molecular weight excluding hydrogens is 215 g/mol. The molecule has 2 amide bonds. The van der Waals surface area contributed by atoms with Gasteiger partial charge < -0.3 is 20.5 Å². The summed E-state index contributed by atoms with van der Waals surface area (Å²) in [6.07, 6.45) is 0. The van der Waals surface area contributed by atoms with Crippen LogP contribution < -0.4 is 15.4 Å². The van der Waals surface area contributed by atoms with Crippen molar-refractivity contribution < 1.29 is 19.0 Å². The van der Waals surface area contributed by atoms with Gasteiger partial charge in [-0.1, -0.05) is 0 Å². The van der Waals surface area contributed by atoms with Crippen molar-refractivity contribution in [2.24, 2.45) is 0 Å². The Morgan fingerprint density at radius 1 is 1.56 bits per heavy atom. The van der Waals surface area contributed by atoms with E-state index >= 15 is 0 Å². The highest BCUT2D eigenvalue weighted by atomic mass is 19.1. The van der Waals surface area contributed by atoms with E-state index in [1.807, 2.05) is 0 Å². The van der Waals surface area contributed by atoms with Crippen LogP contribution in [0.4, 0.5) is 14.9 Å². The van der Waals surface area contributed by atoms with Crippen molar-refractivity contribution in [1.29, 1.82) is 0 Å². The molecule has 0 radical (unpaired) electrons. The Hall–Kier alpha value is -1.82. The van der Waals surface area contributed by atoms with Crippen LogP contribution in [0.3, 0.4) is 0 Å². The average Bonchev–Trinajstić information content (AvgIpc) is 2.26. The number of nitrogens with one attached hydrogen (secondary N) is 2. The molecule has 0 heterocycles. The molecule has 1 rings (SSSR count). The number of aliphatic hydroxyl groups excluding tert-OH is 1. The second-order valence-corrected chi connectivity index (χ2v) is 2.95. The smallest absolute Gasteiger partial charge is 0.319 e. The number of aliphatic hydroxyl groups is 1. The van der Waals surface area contributed by atoms with Crippen molar-refractivity contribution >= 4 is 11.7 Å². The molecule has 0 aromatic heterocycles. The summed E-state index contributed by atoms with van der Waals surface area (Å²) in [5.74, 6) is -0.441. The van der Waals surface area contributed by atoms with Gasteiger partial charge in [0.1, 0.15) is 0 Å². The van der Waals surface area contributed by atoms with Crippen LogP contribution in [0.5, 0.6) is 5.75 Å². The Balaban J connectivity index is 2.61. The third-order valence-corrected chi connectivity index (χ3v) is 1.81. The number of rotatable bonds is 4. The number of carbonyl (C=O) groups is 1. The zero-order chi connectivity index (χ0) is 12.0. The lowest BCUT2D eigenvalue weighted by atomic mass is 10.3. The van der Waals surface area contributed by atoms with Gasteiger partial charge in [-0.3, -0.25) is 0 Å². The number of amides is 2. The van der Waals surface area contributed by atoms with Crippen LogP contribution in [0.1, 0.15) is 0 Å². The minimum Gasteiger partial charge on any atom is -0.494 e. The SMILES string of the molecule is COc1ccc(NC(=O)NCCO)cc1F. The maximum absolute atomic E-state index is 13.2. The molecule has 1 aromatic carbocycles. The molecule has 0 aliphatic rings. The zero-order valence-electron chi connectivity index (χ0n) is 8.79. The second-order valence-electron chi connectivity index (χ2n) is 2.95. The van der Waals surface area contributed by atoms with Crippen LogP contribution in [0.15, 0.2) is 18.2 Å². The molecule has 3 N–H and O–H groups in total. The van der Waals surface area contributed by atoms with Crippen LogP contribution in [0.25, 0.3) is 0 Å². The predicted molar refractivity (Wildman–Crippen MR) is 57.1 cm³/mol. The zero-order valence-corrected chi connectivity index (χ0v) is 8.79. The number of urea groups is 1. The summed E-state index contributed by atoms with van der Waals surface area (Å²) in [6, 6.07) is 3.58. The number of ether oxygens (including phenoxy) is 1. The highest BCUT2D eigenvalue weighted by molar-refractivity contribution is 5.89. The van der Waals surface area contributed by atoms with E-state index in [0.29, 0.717) is 5.69 Å². The summed E-state index contributed by atoms with van der Waals surface area (Å²) in [5, 5.41) is 13.3. The summed E-state index contributed by atoms with van der Waals surface area (Å²) >= 11 is 0. The quantitative estimate of drug-likeness (QED) is 0.718. The molecule has 0 atom stereocenters. The van der Waals surface area contributed by atoms with Gasteiger partial charge in [0, 0.05) is 18.3 Å². The van der Waals surface area contributed by atoms with Gasteiger partial charge in [-0.2, -0.15) is 0 Å². The van der Waals surface area contributed by atoms with Gasteiger partial charge >= 0.3 is 6.03 Å². The van der Waals surface area contributed by atoms with Gasteiger partial charge in [0.25, 0.3) is 0 Å². The van der Waals surface area contributed by atoms with Crippen molar-refractivity contribution in [3.8, 4) is 5.75 Å². The number of halogens is 1. The molecule has 0 fully saturated rings. The lowest BCUT2D eigenvalue weighted by Crippen LogP contribution is -2.30. The summed E-state index contributed by atoms with van der Waals surface area (Å²) < 4.78 is 17.9. The molecule has 0 saturated heterocycles. The molecule has 1 aromatic rings. The number of benzene rings is 1. The summed E-state index contributed by atoms with van der Waals surface area (Å²) in [6.45, 7) is -0.00510. The summed E-state index contributed by atoms with van der Waals surface area (Å²) in [7, 11) is 1.36. The van der Waals surface area contributed by atoms with E-state index in [1.165, 1.54) is 19.2 Å². The minimum atomic E-state index is -0.553. The van der Waals surface area contributed by atoms with Gasteiger partial charge in [-0.25, -0.2) is 9.18 Å². The molecule has 5 nitrogen and oxygen atoms in total. The van der Waals surface area contributed by atoms with E-state index in [2.05, 4.69) is 10.6 Å². The highest BCUT2D eigenvalue weighted by Gasteiger charge is 2.05. The number of anilines is 1. The molecule has 0 spiro atoms. The Morgan fingerprint density at radius 3 is 2.88 bits per heavy atom. The van der Waals surface area contributed by atoms with Crippen LogP contribution in [0, 0.1) is 5.82 Å². The number of carbonyl (C=O) groups excluding carboxylic acids is 1. The minimum absolute atomic E-state index is 0.112. The van der Waals surface area contributed by atoms with E-state index in [-0.39, 0.29) is 18.9 Å². The van der Waals surface area contributed by atoms with Crippen LogP contribution >= 0.6 is 0 Å². The Kier molecular flexibility index (Phi) is 4.53. The fourth-order valence-electron chi connectivity index (χ4n) is 1.09. The standard InChI is InChI=1S/C10H13FN2O3/c1-16-9-3-2-7(6-8(9)11)13-10(15)12-4-5-14/h2-3,6,14H,4-5H2,1H3,(H2,12,13,15). The molecule has 0 bridgehead atoms. The van der Waals surface area contributed by atoms with E-state index < -0.39 is 11.8 Å². The first-order chi connectivity index (χ1) is 7.67. The van der Waals surface area contributed by atoms with Crippen LogP contribution in [0.2, 0.25) is 0 Å². The van der Waals surface area contributed by atoms with E-state index in [9.17, 15) is 9.18 Å².